The van der Waals surface area contributed by atoms with Crippen molar-refractivity contribution in [3.05, 3.63) is 52.5 Å². The molecule has 3 heteroatoms. The van der Waals surface area contributed by atoms with Gasteiger partial charge in [0, 0.05) is 23.3 Å². The number of rotatable bonds is 9. The maximum Gasteiger partial charge on any atom is 0.0270 e. The van der Waals surface area contributed by atoms with Crippen LogP contribution in [0.3, 0.4) is 0 Å². The van der Waals surface area contributed by atoms with Crippen LogP contribution >= 0.6 is 11.3 Å². The van der Waals surface area contributed by atoms with Crippen LogP contribution in [0.5, 0.6) is 0 Å². The average molecular weight is 302 g/mol. The van der Waals surface area contributed by atoms with Crippen molar-refractivity contribution in [2.75, 3.05) is 6.54 Å². The van der Waals surface area contributed by atoms with Gasteiger partial charge in [0.1, 0.15) is 0 Å². The molecule has 0 radical (unpaired) electrons. The molecule has 0 bridgehead atoms. The maximum absolute atomic E-state index is 4.13. The van der Waals surface area contributed by atoms with E-state index in [0.29, 0.717) is 12.0 Å². The zero-order valence-corrected chi connectivity index (χ0v) is 13.9. The Morgan fingerprint density at radius 3 is 2.71 bits per heavy atom. The molecule has 0 aliphatic carbocycles. The summed E-state index contributed by atoms with van der Waals surface area (Å²) in [5, 5.41) is 5.90. The highest BCUT2D eigenvalue weighted by Gasteiger charge is 2.17. The first-order valence-corrected chi connectivity index (χ1v) is 8.85. The van der Waals surface area contributed by atoms with Crippen LogP contribution in [0.1, 0.15) is 49.5 Å². The predicted octanol–water partition coefficient (Wildman–Crippen LogP) is 4.64. The van der Waals surface area contributed by atoms with E-state index in [1.165, 1.54) is 36.1 Å². The van der Waals surface area contributed by atoms with Crippen LogP contribution in [-0.2, 0) is 6.42 Å². The van der Waals surface area contributed by atoms with Gasteiger partial charge in [0.25, 0.3) is 0 Å². The summed E-state index contributed by atoms with van der Waals surface area (Å²) >= 11 is 1.87. The monoisotopic (exact) mass is 302 g/mol. The number of thiophene rings is 1. The van der Waals surface area contributed by atoms with Crippen LogP contribution in [0.15, 0.2) is 42.0 Å². The Morgan fingerprint density at radius 1 is 1.24 bits per heavy atom. The number of pyridine rings is 1. The van der Waals surface area contributed by atoms with Crippen molar-refractivity contribution < 1.29 is 0 Å². The van der Waals surface area contributed by atoms with Crippen molar-refractivity contribution in [3.8, 4) is 0 Å². The topological polar surface area (TPSA) is 24.9 Å². The van der Waals surface area contributed by atoms with Crippen molar-refractivity contribution in [1.82, 2.24) is 10.3 Å². The van der Waals surface area contributed by atoms with E-state index in [9.17, 15) is 0 Å². The van der Waals surface area contributed by atoms with Gasteiger partial charge in [-0.25, -0.2) is 0 Å². The summed E-state index contributed by atoms with van der Waals surface area (Å²) in [4.78, 5) is 5.63. The molecule has 114 valence electrons. The largest absolute Gasteiger partial charge is 0.313 e. The minimum Gasteiger partial charge on any atom is -0.313 e. The van der Waals surface area contributed by atoms with E-state index in [-0.39, 0.29) is 0 Å². The summed E-state index contributed by atoms with van der Waals surface area (Å²) in [6, 6.07) is 9.22. The Labute approximate surface area is 132 Å². The van der Waals surface area contributed by atoms with Crippen LogP contribution < -0.4 is 5.32 Å². The van der Waals surface area contributed by atoms with Crippen LogP contribution in [-0.4, -0.2) is 17.6 Å². The van der Waals surface area contributed by atoms with Crippen LogP contribution in [0, 0.1) is 0 Å². The molecule has 0 amide bonds. The Bertz CT molecular complexity index is 481. The molecule has 2 nitrogen and oxygen atoms in total. The van der Waals surface area contributed by atoms with Crippen molar-refractivity contribution >= 4 is 11.3 Å². The summed E-state index contributed by atoms with van der Waals surface area (Å²) in [6.07, 6.45) is 8.65. The number of hydrogen-bond donors (Lipinski definition) is 1. The van der Waals surface area contributed by atoms with Crippen LogP contribution in [0.2, 0.25) is 0 Å². The molecule has 1 N–H and O–H groups in total. The highest BCUT2D eigenvalue weighted by Crippen LogP contribution is 2.23. The quantitative estimate of drug-likeness (QED) is 0.730. The van der Waals surface area contributed by atoms with Crippen LogP contribution in [0.25, 0.3) is 0 Å². The van der Waals surface area contributed by atoms with E-state index >= 15 is 0 Å². The van der Waals surface area contributed by atoms with Crippen molar-refractivity contribution in [1.29, 1.82) is 0 Å². The van der Waals surface area contributed by atoms with Gasteiger partial charge >= 0.3 is 0 Å². The molecule has 2 aromatic rings. The zero-order valence-electron chi connectivity index (χ0n) is 13.1. The molecular formula is C18H26N2S. The van der Waals surface area contributed by atoms with E-state index in [2.05, 4.69) is 53.8 Å². The zero-order chi connectivity index (χ0) is 14.9. The third-order valence-electron chi connectivity index (χ3n) is 4.01. The second-order valence-electron chi connectivity index (χ2n) is 5.60. The van der Waals surface area contributed by atoms with Crippen molar-refractivity contribution in [3.63, 3.8) is 0 Å². The number of hydrogen-bond acceptors (Lipinski definition) is 3. The molecule has 2 heterocycles. The number of nitrogens with zero attached hydrogens (tertiary/aromatic N) is 1. The molecule has 0 aliphatic heterocycles. The maximum atomic E-state index is 4.13. The van der Waals surface area contributed by atoms with E-state index < -0.39 is 0 Å². The lowest BCUT2D eigenvalue weighted by Gasteiger charge is -2.25. The van der Waals surface area contributed by atoms with Gasteiger partial charge in [-0.2, -0.15) is 0 Å². The second-order valence-corrected chi connectivity index (χ2v) is 6.63. The lowest BCUT2D eigenvalue weighted by Crippen LogP contribution is -2.34. The third kappa shape index (κ3) is 5.25. The van der Waals surface area contributed by atoms with Crippen molar-refractivity contribution in [2.45, 2.75) is 51.5 Å². The van der Waals surface area contributed by atoms with E-state index in [1.54, 1.807) is 0 Å². The van der Waals surface area contributed by atoms with Gasteiger partial charge < -0.3 is 5.32 Å². The van der Waals surface area contributed by atoms with E-state index in [0.717, 1.165) is 6.54 Å². The minimum absolute atomic E-state index is 0.530. The number of aromatic nitrogens is 1. The van der Waals surface area contributed by atoms with Gasteiger partial charge in [-0.15, -0.1) is 11.3 Å². The molecule has 2 unspecified atom stereocenters. The molecule has 2 aromatic heterocycles. The SMILES string of the molecule is CCCNC(CCCc1cccs1)C(C)c1ccncc1. The second kappa shape index (κ2) is 8.96. The lowest BCUT2D eigenvalue weighted by atomic mass is 9.90. The predicted molar refractivity (Wildman–Crippen MR) is 92.0 cm³/mol. The van der Waals surface area contributed by atoms with Gasteiger partial charge in [0.05, 0.1) is 0 Å². The summed E-state index contributed by atoms with van der Waals surface area (Å²) < 4.78 is 0. The standard InChI is InChI=1S/C18H26N2S/c1-3-11-20-18(8-4-6-17-7-5-14-21-17)15(2)16-9-12-19-13-10-16/h5,7,9-10,12-15,18,20H,3-4,6,8,11H2,1-2H3. The average Bonchev–Trinajstić information content (AvgIpc) is 3.04. The molecule has 0 spiro atoms. The summed E-state index contributed by atoms with van der Waals surface area (Å²) in [5.74, 6) is 0.530. The molecular weight excluding hydrogens is 276 g/mol. The normalized spacial score (nSPS) is 14.0. The molecule has 0 aliphatic rings. The highest BCUT2D eigenvalue weighted by atomic mass is 32.1. The first-order valence-electron chi connectivity index (χ1n) is 7.97. The van der Waals surface area contributed by atoms with Gasteiger partial charge in [0.15, 0.2) is 0 Å². The lowest BCUT2D eigenvalue weighted by molar-refractivity contribution is 0.415. The molecule has 0 saturated carbocycles. The highest BCUT2D eigenvalue weighted by molar-refractivity contribution is 7.09. The minimum atomic E-state index is 0.530. The molecule has 2 atom stereocenters. The van der Waals surface area contributed by atoms with Crippen molar-refractivity contribution in [2.24, 2.45) is 0 Å². The van der Waals surface area contributed by atoms with Gasteiger partial charge in [0.2, 0.25) is 0 Å². The Balaban J connectivity index is 1.90. The van der Waals surface area contributed by atoms with E-state index in [4.69, 9.17) is 0 Å². The Kier molecular flexibility index (Phi) is 6.90. The molecule has 0 saturated heterocycles. The summed E-state index contributed by atoms with van der Waals surface area (Å²) in [7, 11) is 0. The Hall–Kier alpha value is -1.19. The fourth-order valence-electron chi connectivity index (χ4n) is 2.71. The number of nitrogens with one attached hydrogen (secondary N) is 1. The van der Waals surface area contributed by atoms with Crippen LogP contribution in [0.4, 0.5) is 0 Å². The molecule has 0 aromatic carbocycles. The van der Waals surface area contributed by atoms with Gasteiger partial charge in [-0.05, 0) is 67.3 Å². The third-order valence-corrected chi connectivity index (χ3v) is 4.95. The summed E-state index contributed by atoms with van der Waals surface area (Å²) in [5.41, 5.74) is 1.38. The fourth-order valence-corrected chi connectivity index (χ4v) is 3.46. The number of aryl methyl sites for hydroxylation is 1. The Morgan fingerprint density at radius 2 is 2.05 bits per heavy atom. The molecule has 21 heavy (non-hydrogen) atoms. The summed E-state index contributed by atoms with van der Waals surface area (Å²) in [6.45, 7) is 5.65. The smallest absolute Gasteiger partial charge is 0.0270 e. The van der Waals surface area contributed by atoms with Gasteiger partial charge in [-0.3, -0.25) is 4.98 Å². The first kappa shape index (κ1) is 16.2. The molecule has 2 rings (SSSR count). The molecule has 0 fully saturated rings. The first-order chi connectivity index (χ1) is 10.3. The van der Waals surface area contributed by atoms with Gasteiger partial charge in [-0.1, -0.05) is 19.9 Å². The van der Waals surface area contributed by atoms with E-state index in [1.807, 2.05) is 23.7 Å². The fraction of sp³-hybridized carbons (Fsp3) is 0.500.